The number of rotatable bonds is 3. The van der Waals surface area contributed by atoms with Gasteiger partial charge >= 0.3 is 0 Å². The predicted octanol–water partition coefficient (Wildman–Crippen LogP) is 0.887. The smallest absolute Gasteiger partial charge is 0.166 e. The maximum absolute atomic E-state index is 10.6. The van der Waals surface area contributed by atoms with Crippen molar-refractivity contribution in [1.29, 1.82) is 0 Å². The van der Waals surface area contributed by atoms with Crippen LogP contribution in [0.3, 0.4) is 0 Å². The van der Waals surface area contributed by atoms with E-state index in [1.165, 1.54) is 13.0 Å². The summed E-state index contributed by atoms with van der Waals surface area (Å²) in [6, 6.07) is 0. The van der Waals surface area contributed by atoms with Gasteiger partial charge in [-0.05, 0) is 6.92 Å². The van der Waals surface area contributed by atoms with Gasteiger partial charge in [-0.15, -0.1) is 0 Å². The van der Waals surface area contributed by atoms with Crippen LogP contribution in [-0.2, 0) is 4.79 Å². The van der Waals surface area contributed by atoms with Crippen molar-refractivity contribution < 1.29 is 9.90 Å². The molecule has 9 heavy (non-hydrogen) atoms. The summed E-state index contributed by atoms with van der Waals surface area (Å²) < 4.78 is 0. The summed E-state index contributed by atoms with van der Waals surface area (Å²) >= 11 is 2.99. The van der Waals surface area contributed by atoms with Crippen LogP contribution in [0.1, 0.15) is 6.92 Å². The van der Waals surface area contributed by atoms with Gasteiger partial charge in [0.25, 0.3) is 0 Å². The normalized spacial score (nSPS) is 16.3. The molecule has 0 rings (SSSR count). The molecule has 0 aromatic heterocycles. The van der Waals surface area contributed by atoms with Crippen LogP contribution in [0, 0.1) is 0 Å². The number of Topliss-reactive ketones (excluding diaryl/α,β-unsaturated/α-hetero) is 1. The summed E-state index contributed by atoms with van der Waals surface area (Å²) in [5.41, 5.74) is -1.38. The Bertz CT molecular complexity index is 133. The Hall–Kier alpha value is -0.150. The lowest BCUT2D eigenvalue weighted by atomic mass is 10.0. The van der Waals surface area contributed by atoms with Gasteiger partial charge in [0.05, 0.1) is 0 Å². The minimum absolute atomic E-state index is 0.207. The summed E-state index contributed by atoms with van der Waals surface area (Å²) in [6.45, 7) is 4.65. The van der Waals surface area contributed by atoms with Gasteiger partial charge in [0, 0.05) is 5.33 Å². The molecule has 52 valence electrons. The Balaban J connectivity index is 4.27. The lowest BCUT2D eigenvalue weighted by Gasteiger charge is -2.16. The van der Waals surface area contributed by atoms with Crippen molar-refractivity contribution >= 4 is 21.7 Å². The molecule has 1 atom stereocenters. The van der Waals surface area contributed by atoms with Crippen LogP contribution in [0.4, 0.5) is 0 Å². The zero-order valence-corrected chi connectivity index (χ0v) is 6.81. The molecule has 0 unspecified atom stereocenters. The molecule has 0 saturated carbocycles. The highest BCUT2D eigenvalue weighted by molar-refractivity contribution is 9.09. The lowest BCUT2D eigenvalue weighted by Crippen LogP contribution is -2.35. The van der Waals surface area contributed by atoms with Crippen molar-refractivity contribution in [2.75, 3.05) is 5.33 Å². The Morgan fingerprint density at radius 1 is 2.00 bits per heavy atom. The number of aliphatic hydroxyl groups is 1. The second-order valence-corrected chi connectivity index (χ2v) is 2.38. The minimum atomic E-state index is -1.38. The first-order chi connectivity index (χ1) is 4.06. The Labute approximate surface area is 62.7 Å². The molecule has 0 aliphatic carbocycles. The molecule has 0 saturated heterocycles. The average Bonchev–Trinajstić information content (AvgIpc) is 1.86. The summed E-state index contributed by atoms with van der Waals surface area (Å²) in [5.74, 6) is -0.297. The third-order valence-corrected chi connectivity index (χ3v) is 2.01. The minimum Gasteiger partial charge on any atom is -0.377 e. The van der Waals surface area contributed by atoms with E-state index >= 15 is 0 Å². The first-order valence-corrected chi connectivity index (χ1v) is 3.62. The average molecular weight is 193 g/mol. The van der Waals surface area contributed by atoms with E-state index in [2.05, 4.69) is 22.5 Å². The van der Waals surface area contributed by atoms with Crippen molar-refractivity contribution in [2.24, 2.45) is 0 Å². The van der Waals surface area contributed by atoms with E-state index < -0.39 is 5.60 Å². The first-order valence-electron chi connectivity index (χ1n) is 2.50. The second-order valence-electron chi connectivity index (χ2n) is 1.82. The highest BCUT2D eigenvalue weighted by Crippen LogP contribution is 2.10. The van der Waals surface area contributed by atoms with Crippen LogP contribution in [0.5, 0.6) is 0 Å². The van der Waals surface area contributed by atoms with Gasteiger partial charge in [0.1, 0.15) is 5.60 Å². The van der Waals surface area contributed by atoms with Gasteiger partial charge in [-0.25, -0.2) is 0 Å². The van der Waals surface area contributed by atoms with Gasteiger partial charge in [-0.2, -0.15) is 0 Å². The number of alkyl halides is 1. The molecule has 0 radical (unpaired) electrons. The highest BCUT2D eigenvalue weighted by atomic mass is 79.9. The zero-order chi connectivity index (χ0) is 7.49. The van der Waals surface area contributed by atoms with E-state index in [9.17, 15) is 9.90 Å². The molecule has 0 aromatic rings. The quantitative estimate of drug-likeness (QED) is 0.533. The van der Waals surface area contributed by atoms with Crippen molar-refractivity contribution in [3.8, 4) is 0 Å². The van der Waals surface area contributed by atoms with Crippen LogP contribution in [0.15, 0.2) is 12.7 Å². The summed E-state index contributed by atoms with van der Waals surface area (Å²) in [5, 5.41) is 9.40. The molecule has 1 N–H and O–H groups in total. The van der Waals surface area contributed by atoms with Gasteiger partial charge in [-0.1, -0.05) is 28.6 Å². The Morgan fingerprint density at radius 2 is 2.44 bits per heavy atom. The van der Waals surface area contributed by atoms with E-state index in [1.54, 1.807) is 0 Å². The number of carbonyl (C=O) groups excluding carboxylic acids is 1. The molecular weight excluding hydrogens is 184 g/mol. The number of carbonyl (C=O) groups is 1. The molecule has 0 amide bonds. The van der Waals surface area contributed by atoms with Gasteiger partial charge < -0.3 is 5.11 Å². The van der Waals surface area contributed by atoms with Gasteiger partial charge in [-0.3, -0.25) is 4.79 Å². The van der Waals surface area contributed by atoms with E-state index in [4.69, 9.17) is 0 Å². The molecule has 0 aromatic carbocycles. The Morgan fingerprint density at radius 3 is 2.44 bits per heavy atom. The maximum Gasteiger partial charge on any atom is 0.166 e. The first kappa shape index (κ1) is 8.85. The van der Waals surface area contributed by atoms with Crippen molar-refractivity contribution in [3.63, 3.8) is 0 Å². The molecule has 2 nitrogen and oxygen atoms in total. The van der Waals surface area contributed by atoms with Gasteiger partial charge in [0.15, 0.2) is 5.78 Å². The molecule has 3 heteroatoms. The van der Waals surface area contributed by atoms with E-state index in [-0.39, 0.29) is 11.1 Å². The largest absolute Gasteiger partial charge is 0.377 e. The standard InChI is InChI=1S/C6H9BrO2/c1-3-6(9,4-7)5(2)8/h3,9H,1,4H2,2H3/t6-/m0/s1. The number of halogens is 1. The molecule has 0 fully saturated rings. The maximum atomic E-state index is 10.6. The van der Waals surface area contributed by atoms with Crippen molar-refractivity contribution in [1.82, 2.24) is 0 Å². The van der Waals surface area contributed by atoms with Crippen LogP contribution >= 0.6 is 15.9 Å². The number of hydrogen-bond donors (Lipinski definition) is 1. The fourth-order valence-electron chi connectivity index (χ4n) is 0.292. The molecular formula is C6H9BrO2. The SMILES string of the molecule is C=C[C@](O)(CBr)C(C)=O. The summed E-state index contributed by atoms with van der Waals surface area (Å²) in [4.78, 5) is 10.6. The molecule has 0 heterocycles. The third-order valence-electron chi connectivity index (χ3n) is 1.15. The number of hydrogen-bond acceptors (Lipinski definition) is 2. The topological polar surface area (TPSA) is 37.3 Å². The molecule has 0 spiro atoms. The third kappa shape index (κ3) is 1.91. The van der Waals surface area contributed by atoms with Crippen LogP contribution in [0.2, 0.25) is 0 Å². The van der Waals surface area contributed by atoms with Crippen molar-refractivity contribution in [2.45, 2.75) is 12.5 Å². The molecule has 0 bridgehead atoms. The van der Waals surface area contributed by atoms with E-state index in [0.29, 0.717) is 0 Å². The van der Waals surface area contributed by atoms with E-state index in [0.717, 1.165) is 0 Å². The predicted molar refractivity (Wildman–Crippen MR) is 39.6 cm³/mol. The molecule has 0 aliphatic rings. The number of ketones is 1. The summed E-state index contributed by atoms with van der Waals surface area (Å²) in [6.07, 6.45) is 1.23. The van der Waals surface area contributed by atoms with Crippen LogP contribution < -0.4 is 0 Å². The fraction of sp³-hybridized carbons (Fsp3) is 0.500. The van der Waals surface area contributed by atoms with Gasteiger partial charge in [0.2, 0.25) is 0 Å². The summed E-state index contributed by atoms with van der Waals surface area (Å²) in [7, 11) is 0. The monoisotopic (exact) mass is 192 g/mol. The zero-order valence-electron chi connectivity index (χ0n) is 5.22. The molecule has 0 aliphatic heterocycles. The van der Waals surface area contributed by atoms with E-state index in [1.807, 2.05) is 0 Å². The van der Waals surface area contributed by atoms with Crippen LogP contribution in [-0.4, -0.2) is 21.8 Å². The van der Waals surface area contributed by atoms with Crippen molar-refractivity contribution in [3.05, 3.63) is 12.7 Å². The van der Waals surface area contributed by atoms with Crippen LogP contribution in [0.25, 0.3) is 0 Å². The Kier molecular flexibility index (Phi) is 3.08. The second kappa shape index (κ2) is 3.13. The highest BCUT2D eigenvalue weighted by Gasteiger charge is 2.26. The fourth-order valence-corrected chi connectivity index (χ4v) is 0.916. The lowest BCUT2D eigenvalue weighted by molar-refractivity contribution is -0.128.